The summed E-state index contributed by atoms with van der Waals surface area (Å²) in [6.45, 7) is 2.26. The number of carbonyl (C=O) groups excluding carboxylic acids is 3. The van der Waals surface area contributed by atoms with Crippen molar-refractivity contribution in [3.05, 3.63) is 0 Å². The molecule has 0 aromatic rings. The van der Waals surface area contributed by atoms with Gasteiger partial charge in [0.25, 0.3) is 0 Å². The normalized spacial score (nSPS) is 20.0. The molecule has 0 bridgehead atoms. The van der Waals surface area contributed by atoms with Gasteiger partial charge in [0.15, 0.2) is 0 Å². The van der Waals surface area contributed by atoms with Crippen LogP contribution in [0.3, 0.4) is 0 Å². The van der Waals surface area contributed by atoms with Gasteiger partial charge in [-0.25, -0.2) is 0 Å². The molecule has 5 nitrogen and oxygen atoms in total. The van der Waals surface area contributed by atoms with Gasteiger partial charge >= 0.3 is 0 Å². The highest BCUT2D eigenvalue weighted by Gasteiger charge is 2.28. The molecule has 0 spiro atoms. The average Bonchev–Trinajstić information content (AvgIpc) is 2.97. The summed E-state index contributed by atoms with van der Waals surface area (Å²) in [5.41, 5.74) is 0. The lowest BCUT2D eigenvalue weighted by molar-refractivity contribution is -0.138. The molecule has 100 valence electrons. The predicted molar refractivity (Wildman–Crippen MR) is 65.6 cm³/mol. The third-order valence-corrected chi connectivity index (χ3v) is 3.64. The molecule has 3 amide bonds. The highest BCUT2D eigenvalue weighted by atomic mass is 16.2. The maximum Gasteiger partial charge on any atom is 0.229 e. The van der Waals surface area contributed by atoms with Crippen LogP contribution >= 0.6 is 0 Å². The molecule has 2 heterocycles. The van der Waals surface area contributed by atoms with Crippen LogP contribution in [0.1, 0.15) is 44.9 Å². The molecule has 5 heteroatoms. The van der Waals surface area contributed by atoms with Crippen molar-refractivity contribution in [2.24, 2.45) is 0 Å². The Morgan fingerprint density at radius 2 is 1.61 bits per heavy atom. The number of amides is 3. The molecular weight excluding hydrogens is 232 g/mol. The first-order chi connectivity index (χ1) is 8.68. The van der Waals surface area contributed by atoms with Gasteiger partial charge in [0, 0.05) is 38.9 Å². The molecule has 2 saturated heterocycles. The van der Waals surface area contributed by atoms with Gasteiger partial charge in [0.1, 0.15) is 0 Å². The van der Waals surface area contributed by atoms with Crippen LogP contribution in [-0.2, 0) is 14.4 Å². The average molecular weight is 252 g/mol. The number of hydrogen-bond donors (Lipinski definition) is 0. The van der Waals surface area contributed by atoms with Crippen LogP contribution in [0.15, 0.2) is 0 Å². The van der Waals surface area contributed by atoms with E-state index in [0.717, 1.165) is 38.8 Å². The van der Waals surface area contributed by atoms with Crippen LogP contribution < -0.4 is 0 Å². The number of carbonyl (C=O) groups is 3. The van der Waals surface area contributed by atoms with Crippen molar-refractivity contribution in [3.63, 3.8) is 0 Å². The SMILES string of the molecule is O=C(CCCCN1C(=O)CCC1=O)N1CCCC1. The molecule has 2 rings (SSSR count). The van der Waals surface area contributed by atoms with Crippen LogP contribution in [0.2, 0.25) is 0 Å². The second-order valence-corrected chi connectivity index (χ2v) is 4.98. The first-order valence-corrected chi connectivity index (χ1v) is 6.79. The molecule has 0 aromatic heterocycles. The number of likely N-dealkylation sites (tertiary alicyclic amines) is 2. The second kappa shape index (κ2) is 5.98. The van der Waals surface area contributed by atoms with E-state index in [9.17, 15) is 14.4 Å². The Morgan fingerprint density at radius 1 is 1.00 bits per heavy atom. The molecule has 0 aliphatic carbocycles. The molecule has 0 saturated carbocycles. The third-order valence-electron chi connectivity index (χ3n) is 3.64. The Balaban J connectivity index is 1.62. The maximum absolute atomic E-state index is 11.7. The van der Waals surface area contributed by atoms with Gasteiger partial charge in [-0.15, -0.1) is 0 Å². The molecule has 0 N–H and O–H groups in total. The van der Waals surface area contributed by atoms with E-state index in [4.69, 9.17) is 0 Å². The lowest BCUT2D eigenvalue weighted by Crippen LogP contribution is -2.30. The van der Waals surface area contributed by atoms with Crippen molar-refractivity contribution < 1.29 is 14.4 Å². The largest absolute Gasteiger partial charge is 0.343 e. The van der Waals surface area contributed by atoms with Gasteiger partial charge in [-0.3, -0.25) is 19.3 Å². The fraction of sp³-hybridized carbons (Fsp3) is 0.769. The minimum Gasteiger partial charge on any atom is -0.343 e. The standard InChI is InChI=1S/C13H20N2O3/c16-11(14-8-3-4-9-14)5-1-2-10-15-12(17)6-7-13(15)18/h1-10H2. The van der Waals surface area contributed by atoms with Crippen molar-refractivity contribution in [3.8, 4) is 0 Å². The summed E-state index contributed by atoms with van der Waals surface area (Å²) in [5.74, 6) is 0.0864. The summed E-state index contributed by atoms with van der Waals surface area (Å²) in [6.07, 6.45) is 4.96. The quantitative estimate of drug-likeness (QED) is 0.540. The smallest absolute Gasteiger partial charge is 0.229 e. The van der Waals surface area contributed by atoms with E-state index in [1.54, 1.807) is 0 Å². The minimum atomic E-state index is -0.0640. The molecule has 18 heavy (non-hydrogen) atoms. The van der Waals surface area contributed by atoms with Crippen LogP contribution in [0.4, 0.5) is 0 Å². The Labute approximate surface area is 107 Å². The van der Waals surface area contributed by atoms with Crippen LogP contribution in [0.5, 0.6) is 0 Å². The topological polar surface area (TPSA) is 57.7 Å². The summed E-state index contributed by atoms with van der Waals surface area (Å²) >= 11 is 0. The van der Waals surface area contributed by atoms with Crippen LogP contribution in [0.25, 0.3) is 0 Å². The number of hydrogen-bond acceptors (Lipinski definition) is 3. The van der Waals surface area contributed by atoms with Gasteiger partial charge in [-0.1, -0.05) is 0 Å². The lowest BCUT2D eigenvalue weighted by atomic mass is 10.2. The molecule has 0 radical (unpaired) electrons. The number of rotatable bonds is 5. The van der Waals surface area contributed by atoms with Gasteiger partial charge in [0.2, 0.25) is 17.7 Å². The van der Waals surface area contributed by atoms with Gasteiger partial charge in [-0.2, -0.15) is 0 Å². The third kappa shape index (κ3) is 3.09. The van der Waals surface area contributed by atoms with E-state index >= 15 is 0 Å². The van der Waals surface area contributed by atoms with Gasteiger partial charge < -0.3 is 4.90 Å². The Hall–Kier alpha value is -1.39. The van der Waals surface area contributed by atoms with Gasteiger partial charge in [0.05, 0.1) is 0 Å². The molecule has 2 fully saturated rings. The molecular formula is C13H20N2O3. The minimum absolute atomic E-state index is 0.0640. The van der Waals surface area contributed by atoms with E-state index in [0.29, 0.717) is 25.8 Å². The Morgan fingerprint density at radius 3 is 2.22 bits per heavy atom. The monoisotopic (exact) mass is 252 g/mol. The highest BCUT2D eigenvalue weighted by molar-refractivity contribution is 6.01. The van der Waals surface area contributed by atoms with Crippen LogP contribution in [-0.4, -0.2) is 47.2 Å². The van der Waals surface area contributed by atoms with Crippen molar-refractivity contribution in [2.75, 3.05) is 19.6 Å². The Bertz CT molecular complexity index is 332. The number of imide groups is 1. The summed E-state index contributed by atoms with van der Waals surface area (Å²) in [4.78, 5) is 37.7. The molecule has 0 atom stereocenters. The molecule has 2 aliphatic heterocycles. The fourth-order valence-electron chi connectivity index (χ4n) is 2.54. The second-order valence-electron chi connectivity index (χ2n) is 4.98. The van der Waals surface area contributed by atoms with E-state index in [2.05, 4.69) is 0 Å². The number of nitrogens with zero attached hydrogens (tertiary/aromatic N) is 2. The zero-order valence-electron chi connectivity index (χ0n) is 10.7. The zero-order valence-corrected chi connectivity index (χ0v) is 10.7. The Kier molecular flexibility index (Phi) is 4.33. The molecule has 0 unspecified atom stereocenters. The fourth-order valence-corrected chi connectivity index (χ4v) is 2.54. The predicted octanol–water partition coefficient (Wildman–Crippen LogP) is 0.928. The van der Waals surface area contributed by atoms with E-state index in [-0.39, 0.29) is 17.7 Å². The van der Waals surface area contributed by atoms with E-state index in [1.807, 2.05) is 4.90 Å². The number of unbranched alkanes of at least 4 members (excludes halogenated alkanes) is 1. The van der Waals surface area contributed by atoms with Crippen molar-refractivity contribution in [1.82, 2.24) is 9.80 Å². The van der Waals surface area contributed by atoms with Crippen molar-refractivity contribution >= 4 is 17.7 Å². The lowest BCUT2D eigenvalue weighted by Gasteiger charge is -2.16. The summed E-state index contributed by atoms with van der Waals surface area (Å²) in [5, 5.41) is 0. The van der Waals surface area contributed by atoms with Crippen molar-refractivity contribution in [1.29, 1.82) is 0 Å². The first kappa shape index (κ1) is 13.1. The van der Waals surface area contributed by atoms with E-state index in [1.165, 1.54) is 4.90 Å². The van der Waals surface area contributed by atoms with E-state index < -0.39 is 0 Å². The first-order valence-electron chi connectivity index (χ1n) is 6.79. The van der Waals surface area contributed by atoms with Crippen molar-refractivity contribution in [2.45, 2.75) is 44.9 Å². The molecule has 2 aliphatic rings. The zero-order chi connectivity index (χ0) is 13.0. The summed E-state index contributed by atoms with van der Waals surface area (Å²) < 4.78 is 0. The highest BCUT2D eigenvalue weighted by Crippen LogP contribution is 2.14. The molecule has 0 aromatic carbocycles. The summed E-state index contributed by atoms with van der Waals surface area (Å²) in [6, 6.07) is 0. The van der Waals surface area contributed by atoms with Crippen LogP contribution in [0, 0.1) is 0 Å². The summed E-state index contributed by atoms with van der Waals surface area (Å²) in [7, 11) is 0. The van der Waals surface area contributed by atoms with Gasteiger partial charge in [-0.05, 0) is 25.7 Å². The maximum atomic E-state index is 11.7.